The van der Waals surface area contributed by atoms with Crippen molar-refractivity contribution in [2.24, 2.45) is 29.1 Å². The van der Waals surface area contributed by atoms with Crippen molar-refractivity contribution < 1.29 is 19.1 Å². The van der Waals surface area contributed by atoms with E-state index in [1.54, 1.807) is 0 Å². The molecule has 0 spiro atoms. The van der Waals surface area contributed by atoms with E-state index in [4.69, 9.17) is 9.47 Å². The first kappa shape index (κ1) is 22.1. The Balaban J connectivity index is 1.58. The number of rotatable bonds is 6. The monoisotopic (exact) mass is 402 g/mol. The summed E-state index contributed by atoms with van der Waals surface area (Å²) in [5.74, 6) is 1.99. The predicted molar refractivity (Wildman–Crippen MR) is 114 cm³/mol. The van der Waals surface area contributed by atoms with Gasteiger partial charge < -0.3 is 9.47 Å². The van der Waals surface area contributed by atoms with Crippen LogP contribution in [-0.4, -0.2) is 24.1 Å². The molecule has 0 N–H and O–H groups in total. The summed E-state index contributed by atoms with van der Waals surface area (Å²) in [6, 6.07) is 0. The average molecular weight is 403 g/mol. The molecule has 1 fully saturated rings. The summed E-state index contributed by atoms with van der Waals surface area (Å²) >= 11 is 0. The molecule has 1 saturated heterocycles. The number of carbonyl (C=O) groups excluding carboxylic acids is 2. The third-order valence-electron chi connectivity index (χ3n) is 7.37. The van der Waals surface area contributed by atoms with Crippen molar-refractivity contribution in [1.82, 2.24) is 0 Å². The molecule has 29 heavy (non-hydrogen) atoms. The molecular weight excluding hydrogens is 364 g/mol. The number of hydrogen-bond donors (Lipinski definition) is 0. The van der Waals surface area contributed by atoms with E-state index in [1.165, 1.54) is 18.4 Å². The van der Waals surface area contributed by atoms with Gasteiger partial charge in [0.15, 0.2) is 0 Å². The highest BCUT2D eigenvalue weighted by molar-refractivity contribution is 5.77. The molecule has 4 unspecified atom stereocenters. The first-order valence-corrected chi connectivity index (χ1v) is 11.5. The molecule has 1 heterocycles. The topological polar surface area (TPSA) is 52.6 Å². The number of fused-ring (bicyclic) bond motifs is 1. The van der Waals surface area contributed by atoms with E-state index < -0.39 is 5.41 Å². The highest BCUT2D eigenvalue weighted by Crippen LogP contribution is 2.43. The number of esters is 2. The summed E-state index contributed by atoms with van der Waals surface area (Å²) in [5.41, 5.74) is 0.989. The molecule has 4 heteroatoms. The molecule has 0 saturated carbocycles. The van der Waals surface area contributed by atoms with Crippen LogP contribution in [0.2, 0.25) is 0 Å². The molecule has 0 aromatic carbocycles. The zero-order valence-corrected chi connectivity index (χ0v) is 18.8. The lowest BCUT2D eigenvalue weighted by molar-refractivity contribution is -0.175. The summed E-state index contributed by atoms with van der Waals surface area (Å²) in [4.78, 5) is 24.6. The number of ether oxygens (including phenoxy) is 2. The normalized spacial score (nSPS) is 34.8. The van der Waals surface area contributed by atoms with Crippen LogP contribution in [0.5, 0.6) is 0 Å². The second-order valence-corrected chi connectivity index (χ2v) is 10.1. The van der Waals surface area contributed by atoms with E-state index in [2.05, 4.69) is 32.1 Å². The molecule has 0 amide bonds. The van der Waals surface area contributed by atoms with Gasteiger partial charge in [-0.15, -0.1) is 0 Å². The first-order chi connectivity index (χ1) is 13.7. The number of cyclic esters (lactones) is 1. The van der Waals surface area contributed by atoms with Crippen LogP contribution in [0.3, 0.4) is 0 Å². The van der Waals surface area contributed by atoms with Gasteiger partial charge in [0.1, 0.15) is 12.2 Å². The molecular formula is C25H38O4. The Morgan fingerprint density at radius 2 is 2.00 bits per heavy atom. The second-order valence-electron chi connectivity index (χ2n) is 10.1. The molecule has 0 aromatic heterocycles. The van der Waals surface area contributed by atoms with E-state index in [1.807, 2.05) is 20.8 Å². The third kappa shape index (κ3) is 5.32. The van der Waals surface area contributed by atoms with Crippen molar-refractivity contribution in [3.63, 3.8) is 0 Å². The maximum Gasteiger partial charge on any atom is 0.311 e. The summed E-state index contributed by atoms with van der Waals surface area (Å²) in [5, 5.41) is 0. The van der Waals surface area contributed by atoms with Gasteiger partial charge in [-0.1, -0.05) is 39.0 Å². The maximum atomic E-state index is 12.4. The fourth-order valence-corrected chi connectivity index (χ4v) is 4.97. The van der Waals surface area contributed by atoms with Crippen LogP contribution in [0, 0.1) is 29.1 Å². The predicted octanol–water partition coefficient (Wildman–Crippen LogP) is 5.61. The Labute approximate surface area is 176 Å². The highest BCUT2D eigenvalue weighted by atomic mass is 16.6. The molecule has 3 rings (SSSR count). The van der Waals surface area contributed by atoms with Gasteiger partial charge >= 0.3 is 11.9 Å². The first-order valence-electron chi connectivity index (χ1n) is 11.5. The summed E-state index contributed by atoms with van der Waals surface area (Å²) < 4.78 is 11.3. The van der Waals surface area contributed by atoms with Crippen molar-refractivity contribution in [2.75, 3.05) is 0 Å². The van der Waals surface area contributed by atoms with Gasteiger partial charge in [0, 0.05) is 6.42 Å². The molecule has 0 radical (unpaired) electrons. The van der Waals surface area contributed by atoms with Crippen molar-refractivity contribution in [2.45, 2.75) is 91.8 Å². The number of carbonyl (C=O) groups is 2. The summed E-state index contributed by atoms with van der Waals surface area (Å²) in [6.45, 7) is 10.4. The molecule has 0 bridgehead atoms. The number of allylic oxidation sites excluding steroid dienone is 4. The lowest BCUT2D eigenvalue weighted by atomic mass is 9.66. The standard InChI is InChI=1S/C25H38O4/c1-6-25(4,5)24(27)29-20-14-19(28-23(26)15-20)10-12-21-17(3)8-9-18-13-16(2)7-11-22(18)21/h8-9,13,16-17,19-22H,6-7,10-12,14-15H2,1-5H3/t16-,17+,19?,20?,21?,22?/m1/s1. The van der Waals surface area contributed by atoms with Crippen LogP contribution in [-0.2, 0) is 19.1 Å². The van der Waals surface area contributed by atoms with Crippen molar-refractivity contribution in [3.05, 3.63) is 23.8 Å². The summed E-state index contributed by atoms with van der Waals surface area (Å²) in [7, 11) is 0. The van der Waals surface area contributed by atoms with E-state index in [0.717, 1.165) is 19.3 Å². The third-order valence-corrected chi connectivity index (χ3v) is 7.37. The van der Waals surface area contributed by atoms with Crippen LogP contribution >= 0.6 is 0 Å². The smallest absolute Gasteiger partial charge is 0.311 e. The quantitative estimate of drug-likeness (QED) is 0.542. The van der Waals surface area contributed by atoms with Crippen LogP contribution in [0.15, 0.2) is 23.8 Å². The fraction of sp³-hybridized carbons (Fsp3) is 0.760. The minimum Gasteiger partial charge on any atom is -0.462 e. The molecule has 1 aliphatic heterocycles. The van der Waals surface area contributed by atoms with E-state index >= 15 is 0 Å². The average Bonchev–Trinajstić information content (AvgIpc) is 2.66. The fourth-order valence-electron chi connectivity index (χ4n) is 4.97. The van der Waals surface area contributed by atoms with Gasteiger partial charge in [0.05, 0.1) is 11.8 Å². The minimum absolute atomic E-state index is 0.146. The molecule has 2 aliphatic carbocycles. The van der Waals surface area contributed by atoms with Crippen molar-refractivity contribution in [3.8, 4) is 0 Å². The largest absolute Gasteiger partial charge is 0.462 e. The number of hydrogen-bond acceptors (Lipinski definition) is 4. The summed E-state index contributed by atoms with van der Waals surface area (Å²) in [6.07, 6.45) is 12.5. The molecule has 3 aliphatic rings. The van der Waals surface area contributed by atoms with Crippen LogP contribution in [0.1, 0.15) is 79.6 Å². The Kier molecular flexibility index (Phi) is 6.90. The van der Waals surface area contributed by atoms with Crippen LogP contribution < -0.4 is 0 Å². The van der Waals surface area contributed by atoms with Crippen LogP contribution in [0.25, 0.3) is 0 Å². The van der Waals surface area contributed by atoms with Crippen LogP contribution in [0.4, 0.5) is 0 Å². The van der Waals surface area contributed by atoms with Crippen molar-refractivity contribution in [1.29, 1.82) is 0 Å². The zero-order valence-electron chi connectivity index (χ0n) is 18.8. The lowest BCUT2D eigenvalue weighted by Gasteiger charge is -2.39. The van der Waals surface area contributed by atoms with Gasteiger partial charge in [0.2, 0.25) is 0 Å². The van der Waals surface area contributed by atoms with Gasteiger partial charge in [-0.2, -0.15) is 0 Å². The van der Waals surface area contributed by atoms with Crippen molar-refractivity contribution >= 4 is 11.9 Å². The second kappa shape index (κ2) is 9.06. The SMILES string of the molecule is CCC(C)(C)C(=O)OC1CC(=O)OC(CCC2C3CC[C@@H](C)C=C3C=C[C@@H]2C)C1. The van der Waals surface area contributed by atoms with E-state index in [0.29, 0.717) is 30.1 Å². The zero-order chi connectivity index (χ0) is 21.2. The van der Waals surface area contributed by atoms with Gasteiger partial charge in [0.25, 0.3) is 0 Å². The van der Waals surface area contributed by atoms with Gasteiger partial charge in [-0.25, -0.2) is 0 Å². The molecule has 6 atom stereocenters. The Hall–Kier alpha value is -1.58. The Morgan fingerprint density at radius 3 is 2.72 bits per heavy atom. The lowest BCUT2D eigenvalue weighted by Crippen LogP contribution is -2.39. The van der Waals surface area contributed by atoms with E-state index in [9.17, 15) is 9.59 Å². The maximum absolute atomic E-state index is 12.4. The van der Waals surface area contributed by atoms with Gasteiger partial charge in [-0.05, 0) is 75.2 Å². The Bertz CT molecular complexity index is 674. The van der Waals surface area contributed by atoms with E-state index in [-0.39, 0.29) is 30.6 Å². The minimum atomic E-state index is -0.512. The molecule has 0 aromatic rings. The Morgan fingerprint density at radius 1 is 1.24 bits per heavy atom. The highest BCUT2D eigenvalue weighted by Gasteiger charge is 2.37. The molecule has 4 nitrogen and oxygen atoms in total. The van der Waals surface area contributed by atoms with Gasteiger partial charge in [-0.3, -0.25) is 9.59 Å². The molecule has 162 valence electrons.